The molecule has 0 N–H and O–H groups in total. The van der Waals surface area contributed by atoms with Crippen molar-refractivity contribution in [1.82, 2.24) is 4.90 Å². The van der Waals surface area contributed by atoms with E-state index in [9.17, 15) is 9.18 Å². The second-order valence-electron chi connectivity index (χ2n) is 6.99. The van der Waals surface area contributed by atoms with E-state index in [0.29, 0.717) is 10.6 Å². The summed E-state index contributed by atoms with van der Waals surface area (Å²) in [5.41, 5.74) is 2.64. The van der Waals surface area contributed by atoms with Crippen LogP contribution in [-0.2, 0) is 10.3 Å². The lowest BCUT2D eigenvalue weighted by atomic mass is 9.91. The number of hydrogen-bond donors (Lipinski definition) is 0. The predicted octanol–water partition coefficient (Wildman–Crippen LogP) is 5.42. The van der Waals surface area contributed by atoms with Crippen molar-refractivity contribution in [2.75, 3.05) is 0 Å². The van der Waals surface area contributed by atoms with Gasteiger partial charge in [-0.25, -0.2) is 4.39 Å². The third-order valence-electron chi connectivity index (χ3n) is 5.07. The van der Waals surface area contributed by atoms with Gasteiger partial charge in [-0.1, -0.05) is 41.9 Å². The Kier molecular flexibility index (Phi) is 4.46. The molecule has 4 heteroatoms. The van der Waals surface area contributed by atoms with Gasteiger partial charge in [-0.15, -0.1) is 0 Å². The molecule has 0 fully saturated rings. The zero-order chi connectivity index (χ0) is 18.4. The summed E-state index contributed by atoms with van der Waals surface area (Å²) in [6.07, 6.45) is 0. The smallest absolute Gasteiger partial charge is 0.255 e. The van der Waals surface area contributed by atoms with Gasteiger partial charge in [0.2, 0.25) is 0 Å². The lowest BCUT2D eigenvalue weighted by Crippen LogP contribution is -2.47. The number of carbonyl (C=O) groups is 1. The molecule has 1 heterocycles. The van der Waals surface area contributed by atoms with E-state index in [1.807, 2.05) is 62.9 Å². The fourth-order valence-corrected chi connectivity index (χ4v) is 3.83. The zero-order valence-electron chi connectivity index (χ0n) is 14.8. The third-order valence-corrected chi connectivity index (χ3v) is 5.29. The van der Waals surface area contributed by atoms with Crippen LogP contribution in [0.25, 0.3) is 5.57 Å². The van der Waals surface area contributed by atoms with Gasteiger partial charge in [0, 0.05) is 10.6 Å². The Morgan fingerprint density at radius 1 is 1.12 bits per heavy atom. The monoisotopic (exact) mass is 357 g/mol. The summed E-state index contributed by atoms with van der Waals surface area (Å²) in [4.78, 5) is 15.1. The van der Waals surface area contributed by atoms with E-state index in [4.69, 9.17) is 11.6 Å². The summed E-state index contributed by atoms with van der Waals surface area (Å²) < 4.78 is 13.9. The average Bonchev–Trinajstić information content (AvgIpc) is 2.77. The quantitative estimate of drug-likeness (QED) is 0.718. The minimum atomic E-state index is -0.694. The Morgan fingerprint density at radius 2 is 1.76 bits per heavy atom. The number of hydrogen-bond acceptors (Lipinski definition) is 1. The topological polar surface area (TPSA) is 20.3 Å². The van der Waals surface area contributed by atoms with E-state index < -0.39 is 11.4 Å². The van der Waals surface area contributed by atoms with Crippen LogP contribution in [0, 0.1) is 5.82 Å². The predicted molar refractivity (Wildman–Crippen MR) is 99.8 cm³/mol. The Bertz CT molecular complexity index is 837. The molecule has 1 atom stereocenters. The van der Waals surface area contributed by atoms with E-state index in [1.165, 1.54) is 12.1 Å². The van der Waals surface area contributed by atoms with Gasteiger partial charge in [0.1, 0.15) is 5.82 Å². The maximum absolute atomic E-state index is 13.9. The van der Waals surface area contributed by atoms with Gasteiger partial charge in [0.25, 0.3) is 5.91 Å². The fraction of sp³-hybridized carbons (Fsp3) is 0.286. The molecular weight excluding hydrogens is 337 g/mol. The first-order valence-corrected chi connectivity index (χ1v) is 8.67. The van der Waals surface area contributed by atoms with Crippen LogP contribution in [0.2, 0.25) is 5.02 Å². The second-order valence-corrected chi connectivity index (χ2v) is 7.43. The number of rotatable bonds is 3. The van der Waals surface area contributed by atoms with Crippen molar-refractivity contribution in [3.8, 4) is 0 Å². The highest BCUT2D eigenvalue weighted by Gasteiger charge is 2.43. The van der Waals surface area contributed by atoms with Crippen LogP contribution in [-0.4, -0.2) is 16.8 Å². The minimum absolute atomic E-state index is 0.0402. The maximum atomic E-state index is 13.9. The molecule has 0 radical (unpaired) electrons. The lowest BCUT2D eigenvalue weighted by Gasteiger charge is -2.40. The summed E-state index contributed by atoms with van der Waals surface area (Å²) in [6.45, 7) is 7.84. The largest absolute Gasteiger partial charge is 0.323 e. The average molecular weight is 358 g/mol. The van der Waals surface area contributed by atoms with Crippen LogP contribution in [0.1, 0.15) is 38.8 Å². The number of amides is 1. The van der Waals surface area contributed by atoms with Crippen molar-refractivity contribution < 1.29 is 9.18 Å². The second kappa shape index (κ2) is 6.30. The van der Waals surface area contributed by atoms with Crippen molar-refractivity contribution in [2.24, 2.45) is 0 Å². The van der Waals surface area contributed by atoms with Gasteiger partial charge in [-0.05, 0) is 62.6 Å². The van der Waals surface area contributed by atoms with Gasteiger partial charge in [-0.2, -0.15) is 0 Å². The normalized spacial score (nSPS) is 18.2. The summed E-state index contributed by atoms with van der Waals surface area (Å²) in [7, 11) is 0. The van der Waals surface area contributed by atoms with Crippen molar-refractivity contribution in [1.29, 1.82) is 0 Å². The number of benzene rings is 2. The van der Waals surface area contributed by atoms with Gasteiger partial charge in [0.05, 0.1) is 11.6 Å². The number of carbonyl (C=O) groups excluding carboxylic acids is 1. The first kappa shape index (κ1) is 17.7. The maximum Gasteiger partial charge on any atom is 0.255 e. The summed E-state index contributed by atoms with van der Waals surface area (Å²) in [5.74, 6) is -0.440. The number of halogens is 2. The summed E-state index contributed by atoms with van der Waals surface area (Å²) >= 11 is 6.04. The Balaban J connectivity index is 2.05. The van der Waals surface area contributed by atoms with Crippen LogP contribution in [0.5, 0.6) is 0 Å². The molecule has 1 aliphatic rings. The standard InChI is InChI=1S/C21H21ClFNO/c1-13-14(2)24(20(25)19(13)15-8-6-5-7-9-15)21(3,4)16-10-17(22)12-18(23)11-16/h5-12,14H,1-4H3. The molecule has 1 amide bonds. The Morgan fingerprint density at radius 3 is 2.36 bits per heavy atom. The molecular formula is C21H21ClFNO. The molecule has 0 aliphatic carbocycles. The Labute approximate surface area is 152 Å². The van der Waals surface area contributed by atoms with Gasteiger partial charge in [0.15, 0.2) is 0 Å². The fourth-order valence-electron chi connectivity index (χ4n) is 3.61. The molecule has 0 aromatic heterocycles. The molecule has 1 unspecified atom stereocenters. The molecule has 0 saturated carbocycles. The van der Waals surface area contributed by atoms with Crippen LogP contribution >= 0.6 is 11.6 Å². The van der Waals surface area contributed by atoms with Gasteiger partial charge in [-0.3, -0.25) is 4.79 Å². The Hall–Kier alpha value is -2.13. The molecule has 0 spiro atoms. The zero-order valence-corrected chi connectivity index (χ0v) is 15.6. The van der Waals surface area contributed by atoms with E-state index in [2.05, 4.69) is 0 Å². The first-order chi connectivity index (χ1) is 11.7. The molecule has 2 nitrogen and oxygen atoms in total. The highest BCUT2D eigenvalue weighted by atomic mass is 35.5. The SMILES string of the molecule is CC1=C(c2ccccc2)C(=O)N(C(C)(C)c2cc(F)cc(Cl)c2)C1C. The molecule has 130 valence electrons. The molecule has 0 bridgehead atoms. The van der Waals surface area contributed by atoms with E-state index in [1.54, 1.807) is 6.07 Å². The van der Waals surface area contributed by atoms with Crippen LogP contribution in [0.3, 0.4) is 0 Å². The summed E-state index contributed by atoms with van der Waals surface area (Å²) in [5, 5.41) is 0.329. The van der Waals surface area contributed by atoms with Crippen molar-refractivity contribution in [3.63, 3.8) is 0 Å². The third kappa shape index (κ3) is 2.98. The molecule has 25 heavy (non-hydrogen) atoms. The van der Waals surface area contributed by atoms with Crippen molar-refractivity contribution in [3.05, 3.63) is 76.1 Å². The molecule has 2 aromatic rings. The van der Waals surface area contributed by atoms with Gasteiger partial charge >= 0.3 is 0 Å². The molecule has 2 aromatic carbocycles. The highest BCUT2D eigenvalue weighted by Crippen LogP contribution is 2.41. The van der Waals surface area contributed by atoms with Crippen LogP contribution in [0.4, 0.5) is 4.39 Å². The van der Waals surface area contributed by atoms with Crippen molar-refractivity contribution in [2.45, 2.75) is 39.3 Å². The highest BCUT2D eigenvalue weighted by molar-refractivity contribution is 6.30. The summed E-state index contributed by atoms with van der Waals surface area (Å²) in [6, 6.07) is 14.0. The van der Waals surface area contributed by atoms with E-state index in [-0.39, 0.29) is 11.9 Å². The molecule has 1 aliphatic heterocycles. The lowest BCUT2D eigenvalue weighted by molar-refractivity contribution is -0.130. The minimum Gasteiger partial charge on any atom is -0.323 e. The first-order valence-electron chi connectivity index (χ1n) is 8.30. The van der Waals surface area contributed by atoms with E-state index >= 15 is 0 Å². The molecule has 3 rings (SSSR count). The van der Waals surface area contributed by atoms with Crippen LogP contribution in [0.15, 0.2) is 54.1 Å². The number of nitrogens with zero attached hydrogens (tertiary/aromatic N) is 1. The van der Waals surface area contributed by atoms with Crippen molar-refractivity contribution >= 4 is 23.1 Å². The van der Waals surface area contributed by atoms with Gasteiger partial charge < -0.3 is 4.90 Å². The van der Waals surface area contributed by atoms with E-state index in [0.717, 1.165) is 16.7 Å². The molecule has 0 saturated heterocycles. The van der Waals surface area contributed by atoms with Crippen LogP contribution < -0.4 is 0 Å².